The molecule has 2 amide bonds. The maximum absolute atomic E-state index is 13.6. The minimum atomic E-state index is -5.09. The molecule has 0 radical (unpaired) electrons. The van der Waals surface area contributed by atoms with Crippen LogP contribution in [0, 0.1) is 0 Å². The second-order valence-electron chi connectivity index (χ2n) is 10.7. The molecule has 7 nitrogen and oxygen atoms in total. The number of hydrogen-bond donors (Lipinski definition) is 1. The van der Waals surface area contributed by atoms with Crippen molar-refractivity contribution in [2.75, 3.05) is 39.3 Å². The van der Waals surface area contributed by atoms with Crippen molar-refractivity contribution in [1.29, 1.82) is 0 Å². The number of benzene rings is 2. The Hall–Kier alpha value is -3.29. The fraction of sp³-hybridized carbons (Fsp3) is 0.414. The van der Waals surface area contributed by atoms with Crippen LogP contribution in [0.2, 0.25) is 0 Å². The summed E-state index contributed by atoms with van der Waals surface area (Å²) >= 11 is 0. The average molecular weight is 667 g/mol. The second kappa shape index (κ2) is 13.8. The smallest absolute Gasteiger partial charge is 0.361 e. The van der Waals surface area contributed by atoms with Crippen molar-refractivity contribution >= 4 is 53.3 Å². The number of piperidine rings is 1. The van der Waals surface area contributed by atoms with Gasteiger partial charge in [-0.15, -0.1) is 24.8 Å². The van der Waals surface area contributed by atoms with Gasteiger partial charge in [-0.25, -0.2) is 0 Å². The van der Waals surface area contributed by atoms with Gasteiger partial charge in [0.25, 0.3) is 5.91 Å². The van der Waals surface area contributed by atoms with Gasteiger partial charge in [-0.3, -0.25) is 19.3 Å². The maximum Gasteiger partial charge on any atom is 0.416 e. The van der Waals surface area contributed by atoms with Crippen LogP contribution in [-0.2, 0) is 28.4 Å². The molecule has 2 fully saturated rings. The van der Waals surface area contributed by atoms with E-state index in [1.165, 1.54) is 4.90 Å². The zero-order chi connectivity index (χ0) is 30.2. The van der Waals surface area contributed by atoms with Crippen molar-refractivity contribution in [3.05, 3.63) is 70.9 Å². The van der Waals surface area contributed by atoms with Crippen molar-refractivity contribution in [3.8, 4) is 0 Å². The number of fused-ring (bicyclic) bond motifs is 1. The molecule has 0 aliphatic carbocycles. The minimum absolute atomic E-state index is 0. The lowest BCUT2D eigenvalue weighted by molar-refractivity contribution is -0.143. The maximum atomic E-state index is 13.6. The second-order valence-corrected chi connectivity index (χ2v) is 10.7. The number of alkyl halides is 6. The SMILES string of the molecule is Cl.Cl.O=C1CCN(C(=O)CN2CCN(C(=O)c3cc(C(F)(F)F)cc(C(F)(F)F)c3)[C@H](Cc3c[nH]c4ccccc34)C2)CC1. The molecule has 5 rings (SSSR count). The number of amides is 2. The molecule has 2 aliphatic heterocycles. The lowest BCUT2D eigenvalue weighted by atomic mass is 9.98. The third kappa shape index (κ3) is 7.86. The van der Waals surface area contributed by atoms with Gasteiger partial charge < -0.3 is 14.8 Å². The van der Waals surface area contributed by atoms with Gasteiger partial charge in [-0.1, -0.05) is 18.2 Å². The summed E-state index contributed by atoms with van der Waals surface area (Å²) in [5.74, 6) is -1.04. The van der Waals surface area contributed by atoms with Crippen LogP contribution in [0.15, 0.2) is 48.7 Å². The Morgan fingerprint density at radius 3 is 2.09 bits per heavy atom. The molecule has 0 spiro atoms. The lowest BCUT2D eigenvalue weighted by Gasteiger charge is -2.42. The highest BCUT2D eigenvalue weighted by Crippen LogP contribution is 2.37. The Morgan fingerprint density at radius 1 is 0.864 bits per heavy atom. The van der Waals surface area contributed by atoms with Crippen molar-refractivity contribution in [2.24, 2.45) is 0 Å². The number of Topliss-reactive ketones (excluding diaryl/α,β-unsaturated/α-hetero) is 1. The number of rotatable bonds is 5. The van der Waals surface area contributed by atoms with Crippen LogP contribution in [0.5, 0.6) is 0 Å². The molecule has 0 unspecified atom stereocenters. The van der Waals surface area contributed by atoms with Gasteiger partial charge in [0.15, 0.2) is 0 Å². The Kier molecular flexibility index (Phi) is 11.0. The number of hydrogen-bond acceptors (Lipinski definition) is 4. The number of likely N-dealkylation sites (tertiary alicyclic amines) is 1. The molecule has 2 saturated heterocycles. The number of nitrogens with zero attached hydrogens (tertiary/aromatic N) is 3. The van der Waals surface area contributed by atoms with Crippen LogP contribution in [0.1, 0.15) is 39.9 Å². The number of carbonyl (C=O) groups excluding carboxylic acids is 3. The number of nitrogens with one attached hydrogen (secondary N) is 1. The van der Waals surface area contributed by atoms with Gasteiger partial charge in [0, 0.05) is 74.3 Å². The minimum Gasteiger partial charge on any atom is -0.361 e. The molecule has 2 aromatic carbocycles. The molecular formula is C29H30Cl2F6N4O3. The van der Waals surface area contributed by atoms with E-state index in [0.717, 1.165) is 16.5 Å². The average Bonchev–Trinajstić information content (AvgIpc) is 3.34. The number of para-hydroxylation sites is 1. The number of carbonyl (C=O) groups is 3. The van der Waals surface area contributed by atoms with Gasteiger partial charge in [-0.2, -0.15) is 26.3 Å². The van der Waals surface area contributed by atoms with E-state index < -0.39 is 41.0 Å². The number of halogens is 8. The van der Waals surface area contributed by atoms with Crippen LogP contribution in [0.4, 0.5) is 26.3 Å². The first-order valence-electron chi connectivity index (χ1n) is 13.5. The molecule has 44 heavy (non-hydrogen) atoms. The Bertz CT molecular complexity index is 1470. The quantitative estimate of drug-likeness (QED) is 0.359. The molecule has 0 saturated carbocycles. The summed E-state index contributed by atoms with van der Waals surface area (Å²) in [5.41, 5.74) is -2.17. The molecule has 1 aromatic heterocycles. The highest BCUT2D eigenvalue weighted by molar-refractivity contribution is 5.95. The molecule has 1 atom stereocenters. The molecule has 240 valence electrons. The van der Waals surface area contributed by atoms with Crippen LogP contribution in [-0.4, -0.2) is 82.6 Å². The Morgan fingerprint density at radius 2 is 1.48 bits per heavy atom. The van der Waals surface area contributed by atoms with E-state index in [1.807, 2.05) is 29.2 Å². The first kappa shape index (κ1) is 35.2. The zero-order valence-electron chi connectivity index (χ0n) is 23.2. The predicted octanol–water partition coefficient (Wildman–Crippen LogP) is 5.61. The van der Waals surface area contributed by atoms with Crippen LogP contribution in [0.25, 0.3) is 10.9 Å². The fourth-order valence-electron chi connectivity index (χ4n) is 5.60. The monoisotopic (exact) mass is 666 g/mol. The van der Waals surface area contributed by atoms with E-state index >= 15 is 0 Å². The molecule has 15 heteroatoms. The van der Waals surface area contributed by atoms with E-state index in [9.17, 15) is 40.7 Å². The van der Waals surface area contributed by atoms with Crippen molar-refractivity contribution in [1.82, 2.24) is 19.7 Å². The molecule has 0 bridgehead atoms. The van der Waals surface area contributed by atoms with Gasteiger partial charge in [-0.05, 0) is 36.2 Å². The van der Waals surface area contributed by atoms with Crippen LogP contribution < -0.4 is 0 Å². The topological polar surface area (TPSA) is 76.7 Å². The van der Waals surface area contributed by atoms with Gasteiger partial charge in [0.05, 0.1) is 17.7 Å². The Labute approximate surface area is 261 Å². The standard InChI is InChI=1S/C29H28F6N4O3.2ClH/c30-28(31,32)20-11-18(12-21(14-20)29(33,34)35)27(42)39-10-9-37(17-26(41)38-7-5-23(40)6-8-38)16-22(39)13-19-15-36-25-4-2-1-3-24(19)25;;/h1-4,11-12,14-15,22,36H,5-10,13,16-17H2;2*1H/t22-;;/m1../s1. The van der Waals surface area contributed by atoms with Gasteiger partial charge in [0.2, 0.25) is 5.91 Å². The fourth-order valence-corrected chi connectivity index (χ4v) is 5.60. The lowest BCUT2D eigenvalue weighted by Crippen LogP contribution is -2.57. The van der Waals surface area contributed by atoms with Crippen molar-refractivity contribution in [2.45, 2.75) is 37.7 Å². The highest BCUT2D eigenvalue weighted by atomic mass is 35.5. The number of ketones is 1. The highest BCUT2D eigenvalue weighted by Gasteiger charge is 2.39. The van der Waals surface area contributed by atoms with Gasteiger partial charge in [0.1, 0.15) is 5.78 Å². The summed E-state index contributed by atoms with van der Waals surface area (Å²) < 4.78 is 81.1. The number of piperazine rings is 1. The normalized spacial score (nSPS) is 18.1. The van der Waals surface area contributed by atoms with E-state index in [-0.39, 0.29) is 88.0 Å². The largest absolute Gasteiger partial charge is 0.416 e. The van der Waals surface area contributed by atoms with E-state index in [2.05, 4.69) is 4.98 Å². The summed E-state index contributed by atoms with van der Waals surface area (Å²) in [6.45, 7) is 1.03. The summed E-state index contributed by atoms with van der Waals surface area (Å²) in [4.78, 5) is 46.0. The first-order valence-corrected chi connectivity index (χ1v) is 13.5. The number of H-pyrrole nitrogens is 1. The molecule has 3 aromatic rings. The first-order chi connectivity index (χ1) is 19.8. The molecule has 2 aliphatic rings. The van der Waals surface area contributed by atoms with Crippen molar-refractivity contribution < 1.29 is 40.7 Å². The van der Waals surface area contributed by atoms with Gasteiger partial charge >= 0.3 is 12.4 Å². The summed E-state index contributed by atoms with van der Waals surface area (Å²) in [5, 5.41) is 0.870. The van der Waals surface area contributed by atoms with E-state index in [4.69, 9.17) is 0 Å². The summed E-state index contributed by atoms with van der Waals surface area (Å²) in [7, 11) is 0. The third-order valence-corrected chi connectivity index (χ3v) is 7.83. The zero-order valence-corrected chi connectivity index (χ0v) is 24.8. The summed E-state index contributed by atoms with van der Waals surface area (Å²) in [6, 6.07) is 7.66. The molecule has 1 N–H and O–H groups in total. The third-order valence-electron chi connectivity index (χ3n) is 7.83. The number of aromatic nitrogens is 1. The molecular weight excluding hydrogens is 637 g/mol. The predicted molar refractivity (Wildman–Crippen MR) is 155 cm³/mol. The summed E-state index contributed by atoms with van der Waals surface area (Å²) in [6.07, 6.45) is -7.59. The Balaban J connectivity index is 0.00000264. The molecule has 3 heterocycles. The van der Waals surface area contributed by atoms with E-state index in [1.54, 1.807) is 11.1 Å². The number of aromatic amines is 1. The van der Waals surface area contributed by atoms with Crippen LogP contribution in [0.3, 0.4) is 0 Å². The van der Waals surface area contributed by atoms with E-state index in [0.29, 0.717) is 25.2 Å². The van der Waals surface area contributed by atoms with Crippen LogP contribution >= 0.6 is 24.8 Å². The van der Waals surface area contributed by atoms with Crippen molar-refractivity contribution in [3.63, 3.8) is 0 Å².